The van der Waals surface area contributed by atoms with Crippen molar-refractivity contribution in [2.45, 2.75) is 0 Å². The highest BCUT2D eigenvalue weighted by Gasteiger charge is 2.18. The molecule has 6 heteroatoms. The summed E-state index contributed by atoms with van der Waals surface area (Å²) >= 11 is 0. The van der Waals surface area contributed by atoms with Crippen LogP contribution in [0, 0.1) is 0 Å². The monoisotopic (exact) mass is 246 g/mol. The van der Waals surface area contributed by atoms with Crippen LogP contribution in [0.2, 0.25) is 0 Å². The Bertz CT molecular complexity index is 604. The average Bonchev–Trinajstić information content (AvgIpc) is 2.87. The number of benzene rings is 1. The molecule has 1 heterocycles. The van der Waals surface area contributed by atoms with Crippen LogP contribution >= 0.6 is 0 Å². The summed E-state index contributed by atoms with van der Waals surface area (Å²) in [5.74, 6) is -1.58. The quantitative estimate of drug-likeness (QED) is 0.627. The van der Waals surface area contributed by atoms with Crippen molar-refractivity contribution in [1.82, 2.24) is 9.97 Å². The summed E-state index contributed by atoms with van der Waals surface area (Å²) in [6.07, 6.45) is 1.19. The lowest BCUT2D eigenvalue weighted by atomic mass is 10.2. The number of Topliss-reactive ketones (excluding diaryl/α,β-unsaturated/α-hetero) is 1. The van der Waals surface area contributed by atoms with Gasteiger partial charge in [-0.3, -0.25) is 4.79 Å². The number of para-hydroxylation sites is 1. The Kier molecular flexibility index (Phi) is 3.09. The summed E-state index contributed by atoms with van der Waals surface area (Å²) in [4.78, 5) is 28.4. The van der Waals surface area contributed by atoms with E-state index in [9.17, 15) is 9.59 Å². The van der Waals surface area contributed by atoms with Gasteiger partial charge in [0.05, 0.1) is 18.9 Å². The van der Waals surface area contributed by atoms with Crippen LogP contribution in [0.15, 0.2) is 30.5 Å². The number of carboxylic acid groups (broad SMARTS) is 1. The Labute approximate surface area is 102 Å². The molecule has 1 aromatic heterocycles. The van der Waals surface area contributed by atoms with Crippen LogP contribution in [0.4, 0.5) is 0 Å². The van der Waals surface area contributed by atoms with Crippen LogP contribution in [0.1, 0.15) is 10.5 Å². The van der Waals surface area contributed by atoms with E-state index in [1.54, 1.807) is 24.3 Å². The Balaban J connectivity index is 2.41. The Hall–Kier alpha value is -2.63. The number of aliphatic carboxylic acids is 1. The molecule has 0 saturated carbocycles. The summed E-state index contributed by atoms with van der Waals surface area (Å²) in [7, 11) is 1.52. The predicted octanol–water partition coefficient (Wildman–Crippen LogP) is 1.35. The van der Waals surface area contributed by atoms with Gasteiger partial charge in [0.2, 0.25) is 0 Å². The van der Waals surface area contributed by atoms with Gasteiger partial charge < -0.3 is 14.8 Å². The van der Waals surface area contributed by atoms with E-state index < -0.39 is 11.8 Å². The zero-order valence-electron chi connectivity index (χ0n) is 9.51. The first-order valence-corrected chi connectivity index (χ1v) is 5.09. The Morgan fingerprint density at radius 2 is 2.06 bits per heavy atom. The van der Waals surface area contributed by atoms with Crippen molar-refractivity contribution in [3.05, 3.63) is 36.2 Å². The molecule has 0 bridgehead atoms. The van der Waals surface area contributed by atoms with E-state index in [-0.39, 0.29) is 5.69 Å². The van der Waals surface area contributed by atoms with Crippen molar-refractivity contribution in [3.63, 3.8) is 0 Å². The molecule has 0 atom stereocenters. The van der Waals surface area contributed by atoms with E-state index >= 15 is 0 Å². The van der Waals surface area contributed by atoms with E-state index in [0.717, 1.165) is 0 Å². The number of hydrogen-bond donors (Lipinski definition) is 2. The van der Waals surface area contributed by atoms with Gasteiger partial charge in [0.1, 0.15) is 17.3 Å². The van der Waals surface area contributed by atoms with E-state index in [1.165, 1.54) is 13.3 Å². The van der Waals surface area contributed by atoms with Gasteiger partial charge >= 0.3 is 5.97 Å². The first kappa shape index (κ1) is 11.8. The molecular weight excluding hydrogens is 236 g/mol. The molecule has 2 rings (SSSR count). The number of carboxylic acids is 1. The second-order valence-electron chi connectivity index (χ2n) is 3.48. The maximum Gasteiger partial charge on any atom is 0.378 e. The number of methoxy groups -OCH3 is 1. The molecule has 2 aromatic rings. The molecule has 2 N–H and O–H groups in total. The molecule has 6 nitrogen and oxygen atoms in total. The normalized spacial score (nSPS) is 10.1. The van der Waals surface area contributed by atoms with Crippen molar-refractivity contribution in [2.24, 2.45) is 0 Å². The molecule has 0 aliphatic heterocycles. The van der Waals surface area contributed by atoms with Crippen LogP contribution in [0.25, 0.3) is 11.4 Å². The summed E-state index contributed by atoms with van der Waals surface area (Å²) < 4.78 is 5.16. The Morgan fingerprint density at radius 3 is 2.72 bits per heavy atom. The zero-order valence-corrected chi connectivity index (χ0v) is 9.51. The van der Waals surface area contributed by atoms with Crippen molar-refractivity contribution in [1.29, 1.82) is 0 Å². The standard InChI is InChI=1S/C12H10N2O4/c1-18-9-5-3-2-4-7(9)11-13-6-8(14-11)10(15)12(16)17/h2-6H,1H3,(H,13,14)(H,16,17). The number of ketones is 1. The van der Waals surface area contributed by atoms with E-state index in [0.29, 0.717) is 17.1 Å². The lowest BCUT2D eigenvalue weighted by Crippen LogP contribution is -2.12. The van der Waals surface area contributed by atoms with Crippen molar-refractivity contribution >= 4 is 11.8 Å². The van der Waals surface area contributed by atoms with Gasteiger partial charge in [-0.25, -0.2) is 9.78 Å². The van der Waals surface area contributed by atoms with Gasteiger partial charge in [-0.1, -0.05) is 12.1 Å². The third-order valence-corrected chi connectivity index (χ3v) is 2.38. The van der Waals surface area contributed by atoms with E-state index in [1.807, 2.05) is 0 Å². The number of hydrogen-bond acceptors (Lipinski definition) is 4. The molecule has 92 valence electrons. The maximum atomic E-state index is 11.2. The van der Waals surface area contributed by atoms with Crippen molar-refractivity contribution < 1.29 is 19.4 Å². The largest absolute Gasteiger partial charge is 0.496 e. The highest BCUT2D eigenvalue weighted by Crippen LogP contribution is 2.26. The fraction of sp³-hybridized carbons (Fsp3) is 0.0833. The van der Waals surface area contributed by atoms with Gasteiger partial charge in [-0.15, -0.1) is 0 Å². The lowest BCUT2D eigenvalue weighted by molar-refractivity contribution is -0.131. The molecule has 1 aromatic carbocycles. The third kappa shape index (κ3) is 2.08. The van der Waals surface area contributed by atoms with Crippen molar-refractivity contribution in [3.8, 4) is 17.1 Å². The number of carbonyl (C=O) groups excluding carboxylic acids is 1. The van der Waals surface area contributed by atoms with Crippen LogP contribution in [-0.4, -0.2) is 33.9 Å². The minimum Gasteiger partial charge on any atom is -0.496 e. The maximum absolute atomic E-state index is 11.2. The third-order valence-electron chi connectivity index (χ3n) is 2.38. The fourth-order valence-corrected chi connectivity index (χ4v) is 1.53. The van der Waals surface area contributed by atoms with E-state index in [2.05, 4.69) is 9.97 Å². The topological polar surface area (TPSA) is 92.3 Å². The van der Waals surface area contributed by atoms with Gasteiger partial charge in [0.15, 0.2) is 0 Å². The fourth-order valence-electron chi connectivity index (χ4n) is 1.53. The van der Waals surface area contributed by atoms with Gasteiger partial charge in [0, 0.05) is 0 Å². The van der Waals surface area contributed by atoms with Gasteiger partial charge in [-0.05, 0) is 12.1 Å². The molecule has 0 spiro atoms. The molecule has 0 aliphatic rings. The highest BCUT2D eigenvalue weighted by atomic mass is 16.5. The number of nitrogens with one attached hydrogen (secondary N) is 1. The first-order chi connectivity index (χ1) is 8.63. The molecule has 0 radical (unpaired) electrons. The lowest BCUT2D eigenvalue weighted by Gasteiger charge is -2.04. The summed E-state index contributed by atoms with van der Waals surface area (Å²) in [5.41, 5.74) is 0.591. The van der Waals surface area contributed by atoms with Crippen LogP contribution < -0.4 is 4.74 Å². The number of carbonyl (C=O) groups is 2. The number of nitrogens with zero attached hydrogens (tertiary/aromatic N) is 1. The van der Waals surface area contributed by atoms with Gasteiger partial charge in [0.25, 0.3) is 5.78 Å². The zero-order chi connectivity index (χ0) is 13.1. The number of ether oxygens (including phenoxy) is 1. The minimum atomic E-state index is -1.52. The minimum absolute atomic E-state index is 0.0663. The summed E-state index contributed by atoms with van der Waals surface area (Å²) in [6.45, 7) is 0. The van der Waals surface area contributed by atoms with Crippen molar-refractivity contribution in [2.75, 3.05) is 7.11 Å². The number of imidazole rings is 1. The molecule has 0 saturated heterocycles. The second kappa shape index (κ2) is 4.70. The molecule has 0 aliphatic carbocycles. The van der Waals surface area contributed by atoms with Gasteiger partial charge in [-0.2, -0.15) is 0 Å². The van der Waals surface area contributed by atoms with Crippen LogP contribution in [0.3, 0.4) is 0 Å². The second-order valence-corrected chi connectivity index (χ2v) is 3.48. The summed E-state index contributed by atoms with van der Waals surface area (Å²) in [6, 6.07) is 7.09. The highest BCUT2D eigenvalue weighted by molar-refractivity contribution is 6.39. The number of aromatic amines is 1. The van der Waals surface area contributed by atoms with Crippen LogP contribution in [-0.2, 0) is 4.79 Å². The number of rotatable bonds is 4. The molecule has 0 amide bonds. The number of H-pyrrole nitrogens is 1. The molecule has 0 fully saturated rings. The molecular formula is C12H10N2O4. The predicted molar refractivity (Wildman–Crippen MR) is 62.5 cm³/mol. The summed E-state index contributed by atoms with van der Waals surface area (Å²) in [5, 5.41) is 8.59. The van der Waals surface area contributed by atoms with E-state index in [4.69, 9.17) is 9.84 Å². The smallest absolute Gasteiger partial charge is 0.378 e. The molecule has 18 heavy (non-hydrogen) atoms. The number of aromatic nitrogens is 2. The first-order valence-electron chi connectivity index (χ1n) is 5.09. The molecule has 0 unspecified atom stereocenters. The SMILES string of the molecule is COc1ccccc1-c1ncc(C(=O)C(=O)O)[nH]1. The average molecular weight is 246 g/mol. The van der Waals surface area contributed by atoms with Crippen LogP contribution in [0.5, 0.6) is 5.75 Å². The Morgan fingerprint density at radius 1 is 1.33 bits per heavy atom.